The van der Waals surface area contributed by atoms with Crippen LogP contribution in [-0.4, -0.2) is 6.71 Å². The summed E-state index contributed by atoms with van der Waals surface area (Å²) >= 11 is 0. The lowest BCUT2D eigenvalue weighted by Gasteiger charge is -2.48. The lowest BCUT2D eigenvalue weighted by Crippen LogP contribution is -2.61. The summed E-state index contributed by atoms with van der Waals surface area (Å²) < 4.78 is 13.6. The molecule has 0 N–H and O–H groups in total. The van der Waals surface area contributed by atoms with Gasteiger partial charge in [-0.05, 0) is 212 Å². The molecule has 0 spiro atoms. The SMILES string of the molecule is CC(C)(C)c1ccc(N2c3cc(N(c4ccccc4)c4ccccc4)ccc3B3c4ccc(N(c5ccccc5)c5ccccc5)cc4N(c4cccc5c4C(C)(C)CCC5(C)C)c4cc(-c5ccc6c(c5)oc5ccc7oc8ccccc8c7c56)cc2c43)c(-c2ccccc2)c1. The molecular formula is C90H73BN4O2. The molecule has 2 aliphatic heterocycles. The third-order valence-electron chi connectivity index (χ3n) is 21.2. The van der Waals surface area contributed by atoms with E-state index in [0.717, 1.165) is 142 Å². The fourth-order valence-corrected chi connectivity index (χ4v) is 16.3. The van der Waals surface area contributed by atoms with Gasteiger partial charge in [-0.3, -0.25) is 0 Å². The standard InChI is InChI=1S/C90H73BN4O2/c1-88(2,3)61-41-47-74(70(55-61)58-26-13-8-14-27-58)94-76-56-66(92(62-28-15-9-16-29-62)63-30-17-10-18-31-63)42-45-72(76)91-73-46-43-67(93(64-32-19-11-20-33-64)65-34-21-12-22-35-65)57-77(73)95(75-38-25-37-71-86(75)90(6,7)51-50-89(71,4)5)79-53-60(52-78(94)87(79)91)59-40-44-69-83(54-59)97-82-49-48-81-84(85(69)82)68-36-23-24-39-80(68)96-81/h8-49,52-57H,50-51H2,1-7H3. The molecule has 2 aromatic heterocycles. The minimum Gasteiger partial charge on any atom is -0.456 e. The van der Waals surface area contributed by atoms with Crippen molar-refractivity contribution in [1.82, 2.24) is 0 Å². The Bertz CT molecular complexity index is 5520. The van der Waals surface area contributed by atoms with E-state index in [4.69, 9.17) is 8.83 Å². The van der Waals surface area contributed by atoms with Crippen molar-refractivity contribution < 1.29 is 8.83 Å². The molecule has 0 radical (unpaired) electrons. The summed E-state index contributed by atoms with van der Waals surface area (Å²) in [4.78, 5) is 10.2. The summed E-state index contributed by atoms with van der Waals surface area (Å²) in [5.41, 5.74) is 28.5. The molecule has 13 aromatic carbocycles. The van der Waals surface area contributed by atoms with Crippen molar-refractivity contribution in [1.29, 1.82) is 0 Å². The Kier molecular flexibility index (Phi) is 13.3. The lowest BCUT2D eigenvalue weighted by atomic mass is 9.33. The van der Waals surface area contributed by atoms with Gasteiger partial charge in [0.25, 0.3) is 6.71 Å². The minimum absolute atomic E-state index is 0.0627. The Hall–Kier alpha value is -11.3. The molecule has 1 aliphatic carbocycles. The molecule has 0 bridgehead atoms. The van der Waals surface area contributed by atoms with Crippen LogP contribution in [0.25, 0.3) is 66.1 Å². The first-order valence-corrected chi connectivity index (χ1v) is 34.2. The first-order chi connectivity index (χ1) is 47.2. The van der Waals surface area contributed by atoms with Crippen molar-refractivity contribution in [3.63, 3.8) is 0 Å². The Balaban J connectivity index is 0.982. The van der Waals surface area contributed by atoms with E-state index in [9.17, 15) is 0 Å². The van der Waals surface area contributed by atoms with E-state index in [1.54, 1.807) is 0 Å². The highest BCUT2D eigenvalue weighted by molar-refractivity contribution is 7.00. The van der Waals surface area contributed by atoms with Crippen molar-refractivity contribution in [2.45, 2.75) is 77.6 Å². The van der Waals surface area contributed by atoms with Gasteiger partial charge in [-0.15, -0.1) is 0 Å². The van der Waals surface area contributed by atoms with E-state index >= 15 is 0 Å². The summed E-state index contributed by atoms with van der Waals surface area (Å²) in [5, 5.41) is 4.27. The maximum absolute atomic E-state index is 7.07. The number of nitrogens with zero attached hydrogens (tertiary/aromatic N) is 4. The molecule has 0 unspecified atom stereocenters. The molecule has 0 saturated heterocycles. The monoisotopic (exact) mass is 1250 g/mol. The summed E-state index contributed by atoms with van der Waals surface area (Å²) in [6, 6.07) is 108. The second-order valence-electron chi connectivity index (χ2n) is 29.1. The molecule has 0 saturated carbocycles. The molecule has 468 valence electrons. The van der Waals surface area contributed by atoms with E-state index in [-0.39, 0.29) is 23.0 Å². The molecule has 0 fully saturated rings. The number of rotatable bonds is 10. The zero-order valence-corrected chi connectivity index (χ0v) is 55.8. The number of furan rings is 2. The maximum atomic E-state index is 7.07. The van der Waals surface area contributed by atoms with Crippen LogP contribution in [-0.2, 0) is 16.2 Å². The third-order valence-corrected chi connectivity index (χ3v) is 21.2. The van der Waals surface area contributed by atoms with Gasteiger partial charge in [0, 0.05) is 84.0 Å². The normalized spacial score (nSPS) is 14.4. The molecule has 0 atom stereocenters. The van der Waals surface area contributed by atoms with Crippen LogP contribution in [0.5, 0.6) is 0 Å². The van der Waals surface area contributed by atoms with Crippen molar-refractivity contribution in [2.75, 3.05) is 19.6 Å². The topological polar surface area (TPSA) is 39.2 Å². The molecule has 97 heavy (non-hydrogen) atoms. The van der Waals surface area contributed by atoms with Gasteiger partial charge in [0.2, 0.25) is 0 Å². The highest BCUT2D eigenvalue weighted by atomic mass is 16.3. The predicted octanol–water partition coefficient (Wildman–Crippen LogP) is 23.5. The predicted molar refractivity (Wildman–Crippen MR) is 409 cm³/mol. The number of hydrogen-bond donors (Lipinski definition) is 0. The van der Waals surface area contributed by atoms with Gasteiger partial charge in [0.05, 0.1) is 11.4 Å². The fourth-order valence-electron chi connectivity index (χ4n) is 16.3. The fraction of sp³-hybridized carbons (Fsp3) is 0.133. The smallest absolute Gasteiger partial charge is 0.252 e. The molecule has 3 aliphatic rings. The van der Waals surface area contributed by atoms with Gasteiger partial charge in [0.15, 0.2) is 0 Å². The largest absolute Gasteiger partial charge is 0.456 e. The van der Waals surface area contributed by atoms with Gasteiger partial charge < -0.3 is 28.4 Å². The average Bonchev–Trinajstić information content (AvgIpc) is 1.23. The molecular weight excluding hydrogens is 1180 g/mol. The lowest BCUT2D eigenvalue weighted by molar-refractivity contribution is 0.332. The highest BCUT2D eigenvalue weighted by Gasteiger charge is 2.47. The van der Waals surface area contributed by atoms with Gasteiger partial charge in [-0.1, -0.05) is 206 Å². The number of fused-ring (bicyclic) bond motifs is 12. The molecule has 4 heterocycles. The van der Waals surface area contributed by atoms with Crippen LogP contribution in [0.4, 0.5) is 68.2 Å². The summed E-state index contributed by atoms with van der Waals surface area (Å²) in [5.74, 6) is 0. The van der Waals surface area contributed by atoms with Crippen LogP contribution in [0.15, 0.2) is 300 Å². The van der Waals surface area contributed by atoms with Gasteiger partial charge >= 0.3 is 0 Å². The van der Waals surface area contributed by atoms with E-state index < -0.39 is 0 Å². The van der Waals surface area contributed by atoms with Gasteiger partial charge in [-0.2, -0.15) is 0 Å². The Labute approximate surface area is 568 Å². The van der Waals surface area contributed by atoms with E-state index in [2.05, 4.69) is 353 Å². The van der Waals surface area contributed by atoms with Crippen LogP contribution < -0.4 is 36.0 Å². The Morgan fingerprint density at radius 2 is 0.845 bits per heavy atom. The Morgan fingerprint density at radius 1 is 0.351 bits per heavy atom. The highest BCUT2D eigenvalue weighted by Crippen LogP contribution is 2.56. The third kappa shape index (κ3) is 9.45. The van der Waals surface area contributed by atoms with Crippen molar-refractivity contribution >= 4 is 135 Å². The maximum Gasteiger partial charge on any atom is 0.252 e. The van der Waals surface area contributed by atoms with Gasteiger partial charge in [-0.25, -0.2) is 0 Å². The van der Waals surface area contributed by atoms with Crippen LogP contribution in [0.1, 0.15) is 78.0 Å². The summed E-state index contributed by atoms with van der Waals surface area (Å²) in [6.07, 6.45) is 2.15. The van der Waals surface area contributed by atoms with Crippen LogP contribution in [0, 0.1) is 0 Å². The number of para-hydroxylation sites is 5. The van der Waals surface area contributed by atoms with E-state index in [1.165, 1.54) is 38.8 Å². The number of benzene rings is 13. The van der Waals surface area contributed by atoms with Crippen LogP contribution in [0.3, 0.4) is 0 Å². The Morgan fingerprint density at radius 3 is 1.40 bits per heavy atom. The number of hydrogen-bond acceptors (Lipinski definition) is 6. The van der Waals surface area contributed by atoms with Gasteiger partial charge in [0.1, 0.15) is 22.3 Å². The van der Waals surface area contributed by atoms with E-state index in [1.807, 2.05) is 6.07 Å². The summed E-state index contributed by atoms with van der Waals surface area (Å²) in [7, 11) is 0. The quantitative estimate of drug-likeness (QED) is 0.127. The second kappa shape index (κ2) is 22.2. The van der Waals surface area contributed by atoms with Crippen LogP contribution in [0.2, 0.25) is 0 Å². The van der Waals surface area contributed by atoms with E-state index in [0.29, 0.717) is 0 Å². The number of anilines is 12. The molecule has 0 amide bonds. The molecule has 7 heteroatoms. The summed E-state index contributed by atoms with van der Waals surface area (Å²) in [6.45, 7) is 16.6. The molecule has 15 aromatic rings. The first kappa shape index (κ1) is 58.3. The minimum atomic E-state index is -0.216. The first-order valence-electron chi connectivity index (χ1n) is 34.2. The zero-order valence-electron chi connectivity index (χ0n) is 55.8. The average molecular weight is 1250 g/mol. The van der Waals surface area contributed by atoms with Crippen molar-refractivity contribution in [3.05, 3.63) is 308 Å². The molecule has 18 rings (SSSR count). The molecule has 6 nitrogen and oxygen atoms in total. The van der Waals surface area contributed by atoms with Crippen molar-refractivity contribution in [2.24, 2.45) is 0 Å². The van der Waals surface area contributed by atoms with Crippen molar-refractivity contribution in [3.8, 4) is 22.3 Å². The zero-order chi connectivity index (χ0) is 65.5. The van der Waals surface area contributed by atoms with Crippen LogP contribution >= 0.6 is 0 Å². The second-order valence-corrected chi connectivity index (χ2v) is 29.1.